The van der Waals surface area contributed by atoms with Gasteiger partial charge in [-0.05, 0) is 31.8 Å². The molecule has 15 nitrogen and oxygen atoms in total. The summed E-state index contributed by atoms with van der Waals surface area (Å²) in [5.74, 6) is -3.06. The van der Waals surface area contributed by atoms with Gasteiger partial charge in [-0.15, -0.1) is 0 Å². The van der Waals surface area contributed by atoms with Crippen molar-refractivity contribution >= 4 is 35.4 Å². The fourth-order valence-electron chi connectivity index (χ4n) is 4.69. The van der Waals surface area contributed by atoms with Crippen LogP contribution in [0.25, 0.3) is 0 Å². The zero-order valence-corrected chi connectivity index (χ0v) is 30.6. The highest BCUT2D eigenvalue weighted by atomic mass is 16.5. The average molecular weight is 730 g/mol. The summed E-state index contributed by atoms with van der Waals surface area (Å²) in [6.07, 6.45) is 12.8. The van der Waals surface area contributed by atoms with E-state index in [1.165, 1.54) is 19.3 Å². The summed E-state index contributed by atoms with van der Waals surface area (Å²) < 4.78 is 21.1. The molecule has 1 atom stereocenters. The van der Waals surface area contributed by atoms with Crippen LogP contribution in [0.15, 0.2) is 12.2 Å². The second kappa shape index (κ2) is 33.7. The van der Waals surface area contributed by atoms with Gasteiger partial charge in [0.05, 0.1) is 39.6 Å². The molecule has 0 aliphatic rings. The van der Waals surface area contributed by atoms with Gasteiger partial charge in [-0.3, -0.25) is 24.0 Å². The number of carbonyl (C=O) groups excluding carboxylic acids is 4. The number of ketones is 1. The topological polar surface area (TPSA) is 216 Å². The van der Waals surface area contributed by atoms with Gasteiger partial charge in [-0.1, -0.05) is 70.8 Å². The quantitative estimate of drug-likeness (QED) is 0.0460. The number of ether oxygens (including phenoxy) is 4. The minimum absolute atomic E-state index is 0.0233. The maximum atomic E-state index is 12.3. The molecule has 294 valence electrons. The fourth-order valence-corrected chi connectivity index (χ4v) is 4.69. The van der Waals surface area contributed by atoms with Crippen LogP contribution in [-0.2, 0) is 47.7 Å². The molecule has 5 N–H and O–H groups in total. The van der Waals surface area contributed by atoms with Crippen LogP contribution in [0.5, 0.6) is 0 Å². The number of unbranched alkanes of at least 4 members (excludes halogenated alkanes) is 11. The van der Waals surface area contributed by atoms with E-state index < -0.39 is 18.0 Å². The molecule has 0 unspecified atom stereocenters. The van der Waals surface area contributed by atoms with Gasteiger partial charge in [-0.25, -0.2) is 4.79 Å². The van der Waals surface area contributed by atoms with Gasteiger partial charge >= 0.3 is 11.9 Å². The molecule has 0 aromatic rings. The minimum Gasteiger partial charge on any atom is -0.481 e. The van der Waals surface area contributed by atoms with Crippen LogP contribution in [0, 0.1) is 0 Å². The lowest BCUT2D eigenvalue weighted by Crippen LogP contribution is -2.41. The summed E-state index contributed by atoms with van der Waals surface area (Å²) in [6.45, 7) is 6.94. The Morgan fingerprint density at radius 1 is 0.549 bits per heavy atom. The van der Waals surface area contributed by atoms with Crippen LogP contribution in [0.1, 0.15) is 110 Å². The molecule has 0 saturated carbocycles. The highest BCUT2D eigenvalue weighted by Gasteiger charge is 2.20. The largest absolute Gasteiger partial charge is 0.481 e. The van der Waals surface area contributed by atoms with Crippen LogP contribution in [-0.4, -0.2) is 118 Å². The summed E-state index contributed by atoms with van der Waals surface area (Å²) in [5, 5.41) is 25.9. The van der Waals surface area contributed by atoms with E-state index in [-0.39, 0.29) is 102 Å². The third-order valence-electron chi connectivity index (χ3n) is 7.66. The van der Waals surface area contributed by atoms with Crippen molar-refractivity contribution in [2.45, 2.75) is 116 Å². The number of rotatable bonds is 37. The molecule has 51 heavy (non-hydrogen) atoms. The SMILES string of the molecule is C=C(C)C(=O)COCCOCCNC(=O)COCCOCCNC(=O)CC[C@H](NC(=O)CCCCCCCCCCCCCCC(=O)O)C(=O)O. The van der Waals surface area contributed by atoms with E-state index in [1.54, 1.807) is 6.92 Å². The number of carbonyl (C=O) groups is 6. The van der Waals surface area contributed by atoms with Crippen molar-refractivity contribution in [2.75, 3.05) is 65.9 Å². The number of nitrogens with one attached hydrogen (secondary N) is 3. The van der Waals surface area contributed by atoms with Crippen LogP contribution >= 0.6 is 0 Å². The third-order valence-corrected chi connectivity index (χ3v) is 7.66. The number of carboxylic acids is 2. The maximum Gasteiger partial charge on any atom is 0.326 e. The van der Waals surface area contributed by atoms with Crippen LogP contribution < -0.4 is 16.0 Å². The highest BCUT2D eigenvalue weighted by Crippen LogP contribution is 2.13. The molecule has 0 spiro atoms. The number of amides is 3. The Labute approximate surface area is 302 Å². The molecular formula is C36H63N3O12. The first-order valence-corrected chi connectivity index (χ1v) is 18.3. The molecule has 0 rings (SSSR count). The first-order chi connectivity index (χ1) is 24.5. The van der Waals surface area contributed by atoms with Crippen molar-refractivity contribution in [1.82, 2.24) is 16.0 Å². The Kier molecular flexibility index (Phi) is 31.5. The summed E-state index contributed by atoms with van der Waals surface area (Å²) in [7, 11) is 0. The predicted octanol–water partition coefficient (Wildman–Crippen LogP) is 3.33. The number of hydrogen-bond donors (Lipinski definition) is 5. The van der Waals surface area contributed by atoms with Crippen molar-refractivity contribution in [3.05, 3.63) is 12.2 Å². The van der Waals surface area contributed by atoms with Gasteiger partial charge in [0.2, 0.25) is 17.7 Å². The van der Waals surface area contributed by atoms with Gasteiger partial charge in [-0.2, -0.15) is 0 Å². The first kappa shape index (κ1) is 47.6. The van der Waals surface area contributed by atoms with Crippen molar-refractivity contribution in [3.8, 4) is 0 Å². The van der Waals surface area contributed by atoms with E-state index in [0.717, 1.165) is 51.4 Å². The van der Waals surface area contributed by atoms with Gasteiger partial charge in [0, 0.05) is 32.4 Å². The summed E-state index contributed by atoms with van der Waals surface area (Å²) in [5.41, 5.74) is 0.439. The Bertz CT molecular complexity index is 1010. The third kappa shape index (κ3) is 33.5. The number of aliphatic carboxylic acids is 2. The number of Topliss-reactive ketones (excluding diaryl/α,β-unsaturated/α-hetero) is 1. The lowest BCUT2D eigenvalue weighted by atomic mass is 10.0. The zero-order valence-electron chi connectivity index (χ0n) is 30.6. The van der Waals surface area contributed by atoms with E-state index in [0.29, 0.717) is 25.1 Å². The Morgan fingerprint density at radius 2 is 1.00 bits per heavy atom. The lowest BCUT2D eigenvalue weighted by Gasteiger charge is -2.14. The zero-order chi connectivity index (χ0) is 38.0. The molecule has 0 radical (unpaired) electrons. The van der Waals surface area contributed by atoms with Crippen molar-refractivity contribution in [3.63, 3.8) is 0 Å². The Morgan fingerprint density at radius 3 is 1.49 bits per heavy atom. The second-order valence-corrected chi connectivity index (χ2v) is 12.4. The number of carboxylic acid groups (broad SMARTS) is 2. The smallest absolute Gasteiger partial charge is 0.326 e. The van der Waals surface area contributed by atoms with Gasteiger partial charge in [0.25, 0.3) is 0 Å². The van der Waals surface area contributed by atoms with E-state index in [1.807, 2.05) is 0 Å². The molecule has 0 aromatic heterocycles. The average Bonchev–Trinajstić information content (AvgIpc) is 3.08. The van der Waals surface area contributed by atoms with Crippen LogP contribution in [0.4, 0.5) is 0 Å². The molecular weight excluding hydrogens is 666 g/mol. The molecule has 0 saturated heterocycles. The molecule has 15 heteroatoms. The standard InChI is InChI=1S/C36H63N3O12/c1-29(2)31(40)27-50-25-23-49-22-20-38-34(43)28-51-26-24-48-21-19-37-32(41)18-17-30(36(46)47)39-33(42)15-13-11-9-7-5-3-4-6-8-10-12-14-16-35(44)45/h30H,1,3-28H2,2H3,(H,37,41)(H,38,43)(H,39,42)(H,44,45)(H,46,47)/t30-/m0/s1. The van der Waals surface area contributed by atoms with Crippen LogP contribution in [0.3, 0.4) is 0 Å². The molecule has 0 fully saturated rings. The Hall–Kier alpha value is -3.40. The van der Waals surface area contributed by atoms with Gasteiger partial charge in [0.1, 0.15) is 19.3 Å². The lowest BCUT2D eigenvalue weighted by molar-refractivity contribution is -0.142. The Balaban J connectivity index is 3.69. The molecule has 0 heterocycles. The molecule has 0 bridgehead atoms. The van der Waals surface area contributed by atoms with Gasteiger partial charge < -0.3 is 45.1 Å². The predicted molar refractivity (Wildman–Crippen MR) is 190 cm³/mol. The molecule has 0 aromatic carbocycles. The molecule has 3 amide bonds. The normalized spacial score (nSPS) is 11.5. The summed E-state index contributed by atoms with van der Waals surface area (Å²) >= 11 is 0. The first-order valence-electron chi connectivity index (χ1n) is 18.3. The monoisotopic (exact) mass is 729 g/mol. The minimum atomic E-state index is -1.18. The van der Waals surface area contributed by atoms with Gasteiger partial charge in [0.15, 0.2) is 5.78 Å². The molecule has 0 aliphatic carbocycles. The van der Waals surface area contributed by atoms with E-state index >= 15 is 0 Å². The highest BCUT2D eigenvalue weighted by molar-refractivity contribution is 5.95. The number of hydrogen-bond acceptors (Lipinski definition) is 10. The maximum absolute atomic E-state index is 12.3. The van der Waals surface area contributed by atoms with Crippen molar-refractivity contribution < 1.29 is 57.9 Å². The second-order valence-electron chi connectivity index (χ2n) is 12.4. The van der Waals surface area contributed by atoms with Crippen molar-refractivity contribution in [1.29, 1.82) is 0 Å². The molecule has 0 aliphatic heterocycles. The van der Waals surface area contributed by atoms with E-state index in [4.69, 9.17) is 24.1 Å². The summed E-state index contributed by atoms with van der Waals surface area (Å²) in [6, 6.07) is -1.14. The van der Waals surface area contributed by atoms with E-state index in [9.17, 15) is 33.9 Å². The van der Waals surface area contributed by atoms with Crippen LogP contribution in [0.2, 0.25) is 0 Å². The fraction of sp³-hybridized carbons (Fsp3) is 0.778. The summed E-state index contributed by atoms with van der Waals surface area (Å²) in [4.78, 5) is 69.6. The van der Waals surface area contributed by atoms with E-state index in [2.05, 4.69) is 22.5 Å². The van der Waals surface area contributed by atoms with Crippen molar-refractivity contribution in [2.24, 2.45) is 0 Å².